The summed E-state index contributed by atoms with van der Waals surface area (Å²) in [4.78, 5) is 26.2. The quantitative estimate of drug-likeness (QED) is 0.726. The molecule has 2 rings (SSSR count). The Morgan fingerprint density at radius 1 is 1.21 bits per heavy atom. The Bertz CT molecular complexity index is 705. The Morgan fingerprint density at radius 3 is 2.71 bits per heavy atom. The fourth-order valence-corrected chi connectivity index (χ4v) is 3.16. The summed E-state index contributed by atoms with van der Waals surface area (Å²) in [6.45, 7) is 0.869. The number of thiophene rings is 1. The summed E-state index contributed by atoms with van der Waals surface area (Å²) in [6, 6.07) is 8.97. The molecular formula is C17H18Cl2N2O2S. The van der Waals surface area contributed by atoms with Gasteiger partial charge >= 0.3 is 0 Å². The number of carbonyl (C=O) groups is 2. The Kier molecular flexibility index (Phi) is 7.09. The number of benzene rings is 1. The Morgan fingerprint density at radius 2 is 2.00 bits per heavy atom. The zero-order valence-electron chi connectivity index (χ0n) is 13.2. The minimum Gasteiger partial charge on any atom is -0.351 e. The fourth-order valence-electron chi connectivity index (χ4n) is 2.14. The number of nitrogens with one attached hydrogen (secondary N) is 1. The van der Waals surface area contributed by atoms with E-state index >= 15 is 0 Å². The van der Waals surface area contributed by atoms with Crippen LogP contribution in [0.4, 0.5) is 0 Å². The molecule has 128 valence electrons. The highest BCUT2D eigenvalue weighted by molar-refractivity contribution is 7.12. The molecule has 0 saturated heterocycles. The summed E-state index contributed by atoms with van der Waals surface area (Å²) in [7, 11) is 1.73. The first-order valence-electron chi connectivity index (χ1n) is 7.47. The van der Waals surface area contributed by atoms with Crippen molar-refractivity contribution in [1.29, 1.82) is 0 Å². The fraction of sp³-hybridized carbons (Fsp3) is 0.294. The van der Waals surface area contributed by atoms with Gasteiger partial charge in [0, 0.05) is 26.6 Å². The SMILES string of the molecule is CN(Cc1cccc(Cl)c1Cl)C(=O)CCCNC(=O)c1cccs1. The number of rotatable bonds is 7. The molecule has 0 bridgehead atoms. The number of carbonyl (C=O) groups excluding carboxylic acids is 2. The third-order valence-electron chi connectivity index (χ3n) is 3.46. The lowest BCUT2D eigenvalue weighted by Crippen LogP contribution is -2.28. The van der Waals surface area contributed by atoms with Crippen molar-refractivity contribution in [2.24, 2.45) is 0 Å². The van der Waals surface area contributed by atoms with Crippen LogP contribution in [0.25, 0.3) is 0 Å². The molecule has 0 aliphatic heterocycles. The highest BCUT2D eigenvalue weighted by Crippen LogP contribution is 2.26. The van der Waals surface area contributed by atoms with Crippen molar-refractivity contribution in [2.75, 3.05) is 13.6 Å². The van der Waals surface area contributed by atoms with Gasteiger partial charge in [0.1, 0.15) is 0 Å². The average Bonchev–Trinajstić information content (AvgIpc) is 3.10. The summed E-state index contributed by atoms with van der Waals surface area (Å²) in [6.07, 6.45) is 0.947. The highest BCUT2D eigenvalue weighted by atomic mass is 35.5. The number of hydrogen-bond acceptors (Lipinski definition) is 3. The van der Waals surface area contributed by atoms with E-state index in [-0.39, 0.29) is 11.8 Å². The van der Waals surface area contributed by atoms with Crippen LogP contribution in [0.3, 0.4) is 0 Å². The number of amides is 2. The molecule has 0 saturated carbocycles. The topological polar surface area (TPSA) is 49.4 Å². The second-order valence-electron chi connectivity index (χ2n) is 5.30. The van der Waals surface area contributed by atoms with Crippen LogP contribution in [0.2, 0.25) is 10.0 Å². The lowest BCUT2D eigenvalue weighted by molar-refractivity contribution is -0.130. The minimum atomic E-state index is -0.100. The zero-order chi connectivity index (χ0) is 17.5. The molecule has 0 fully saturated rings. The van der Waals surface area contributed by atoms with Gasteiger partial charge in [0.2, 0.25) is 5.91 Å². The van der Waals surface area contributed by atoms with Crippen LogP contribution in [0.5, 0.6) is 0 Å². The maximum atomic E-state index is 12.2. The maximum Gasteiger partial charge on any atom is 0.261 e. The molecule has 0 atom stereocenters. The first kappa shape index (κ1) is 18.8. The van der Waals surface area contributed by atoms with Gasteiger partial charge in [-0.15, -0.1) is 11.3 Å². The molecule has 2 aromatic rings. The normalized spacial score (nSPS) is 10.5. The lowest BCUT2D eigenvalue weighted by Gasteiger charge is -2.18. The Hall–Kier alpha value is -1.56. The smallest absolute Gasteiger partial charge is 0.261 e. The van der Waals surface area contributed by atoms with E-state index in [0.29, 0.717) is 40.9 Å². The first-order valence-corrected chi connectivity index (χ1v) is 9.11. The van der Waals surface area contributed by atoms with Crippen LogP contribution in [0, 0.1) is 0 Å². The molecule has 1 aromatic carbocycles. The molecule has 0 spiro atoms. The molecule has 1 aromatic heterocycles. The van der Waals surface area contributed by atoms with Gasteiger partial charge in [0.25, 0.3) is 5.91 Å². The van der Waals surface area contributed by atoms with E-state index in [0.717, 1.165) is 5.56 Å². The van der Waals surface area contributed by atoms with Gasteiger partial charge in [-0.05, 0) is 29.5 Å². The second kappa shape index (κ2) is 9.06. The first-order chi connectivity index (χ1) is 11.5. The minimum absolute atomic E-state index is 0.00332. The molecule has 0 aliphatic carbocycles. The lowest BCUT2D eigenvalue weighted by atomic mass is 10.2. The van der Waals surface area contributed by atoms with Gasteiger partial charge in [0.05, 0.1) is 14.9 Å². The predicted molar refractivity (Wildman–Crippen MR) is 98.8 cm³/mol. The van der Waals surface area contributed by atoms with Gasteiger partial charge in [-0.3, -0.25) is 9.59 Å². The Balaban J connectivity index is 1.74. The molecule has 0 radical (unpaired) electrons. The molecule has 0 aliphatic rings. The van der Waals surface area contributed by atoms with Crippen molar-refractivity contribution < 1.29 is 9.59 Å². The van der Waals surface area contributed by atoms with E-state index in [1.165, 1.54) is 11.3 Å². The summed E-state index contributed by atoms with van der Waals surface area (Å²) >= 11 is 13.5. The predicted octanol–water partition coefficient (Wildman–Crippen LogP) is 4.22. The van der Waals surface area contributed by atoms with Crippen molar-refractivity contribution in [1.82, 2.24) is 10.2 Å². The molecule has 1 N–H and O–H groups in total. The maximum absolute atomic E-state index is 12.2. The van der Waals surface area contributed by atoms with Gasteiger partial charge in [0.15, 0.2) is 0 Å². The van der Waals surface area contributed by atoms with Crippen molar-refractivity contribution in [2.45, 2.75) is 19.4 Å². The number of halogens is 2. The summed E-state index contributed by atoms with van der Waals surface area (Å²) < 4.78 is 0. The Labute approximate surface area is 155 Å². The van der Waals surface area contributed by atoms with Crippen LogP contribution >= 0.6 is 34.5 Å². The van der Waals surface area contributed by atoms with Crippen molar-refractivity contribution in [3.05, 3.63) is 56.2 Å². The van der Waals surface area contributed by atoms with Gasteiger partial charge < -0.3 is 10.2 Å². The highest BCUT2D eigenvalue weighted by Gasteiger charge is 2.12. The summed E-state index contributed by atoms with van der Waals surface area (Å²) in [5.74, 6) is -0.104. The van der Waals surface area contributed by atoms with E-state index in [2.05, 4.69) is 5.32 Å². The van der Waals surface area contributed by atoms with Crippen LogP contribution in [0.15, 0.2) is 35.7 Å². The number of nitrogens with zero attached hydrogens (tertiary/aromatic N) is 1. The molecule has 2 amide bonds. The van der Waals surface area contributed by atoms with Crippen LogP contribution in [0.1, 0.15) is 28.1 Å². The standard InChI is InChI=1S/C17H18Cl2N2O2S/c1-21(11-12-5-2-6-13(18)16(12)19)15(22)8-3-9-20-17(23)14-7-4-10-24-14/h2,4-7,10H,3,8-9,11H2,1H3,(H,20,23). The van der Waals surface area contributed by atoms with E-state index in [1.807, 2.05) is 23.6 Å². The van der Waals surface area contributed by atoms with Crippen LogP contribution < -0.4 is 5.32 Å². The molecule has 0 unspecified atom stereocenters. The summed E-state index contributed by atoms with van der Waals surface area (Å²) in [5.41, 5.74) is 0.811. The van der Waals surface area contributed by atoms with E-state index < -0.39 is 0 Å². The van der Waals surface area contributed by atoms with Crippen molar-refractivity contribution in [3.8, 4) is 0 Å². The van der Waals surface area contributed by atoms with Gasteiger partial charge in [-0.2, -0.15) is 0 Å². The van der Waals surface area contributed by atoms with E-state index in [4.69, 9.17) is 23.2 Å². The van der Waals surface area contributed by atoms with Crippen LogP contribution in [-0.4, -0.2) is 30.3 Å². The second-order valence-corrected chi connectivity index (χ2v) is 7.03. The monoisotopic (exact) mass is 384 g/mol. The van der Waals surface area contributed by atoms with E-state index in [1.54, 1.807) is 24.1 Å². The van der Waals surface area contributed by atoms with Gasteiger partial charge in [-0.25, -0.2) is 0 Å². The summed E-state index contributed by atoms with van der Waals surface area (Å²) in [5, 5.41) is 5.62. The largest absolute Gasteiger partial charge is 0.351 e. The molecule has 1 heterocycles. The third kappa shape index (κ3) is 5.23. The van der Waals surface area contributed by atoms with E-state index in [9.17, 15) is 9.59 Å². The zero-order valence-corrected chi connectivity index (χ0v) is 15.5. The number of hydrogen-bond donors (Lipinski definition) is 1. The molecule has 24 heavy (non-hydrogen) atoms. The van der Waals surface area contributed by atoms with Crippen LogP contribution in [-0.2, 0) is 11.3 Å². The molecular weight excluding hydrogens is 367 g/mol. The van der Waals surface area contributed by atoms with Crippen molar-refractivity contribution >= 4 is 46.4 Å². The average molecular weight is 385 g/mol. The van der Waals surface area contributed by atoms with Gasteiger partial charge in [-0.1, -0.05) is 41.4 Å². The van der Waals surface area contributed by atoms with Crippen molar-refractivity contribution in [3.63, 3.8) is 0 Å². The molecule has 4 nitrogen and oxygen atoms in total. The molecule has 7 heteroatoms. The third-order valence-corrected chi connectivity index (χ3v) is 5.19.